The minimum absolute atomic E-state index is 0.839. The Morgan fingerprint density at radius 1 is 1.25 bits per heavy atom. The lowest BCUT2D eigenvalue weighted by Gasteiger charge is -2.20. The predicted octanol–water partition coefficient (Wildman–Crippen LogP) is 2.31. The quantitative estimate of drug-likeness (QED) is 0.703. The third-order valence-corrected chi connectivity index (χ3v) is 3.87. The predicted molar refractivity (Wildman–Crippen MR) is 82.7 cm³/mol. The van der Waals surface area contributed by atoms with Gasteiger partial charge in [0.25, 0.3) is 0 Å². The first-order valence-electron chi connectivity index (χ1n) is 7.97. The van der Waals surface area contributed by atoms with Gasteiger partial charge in [0.05, 0.1) is 13.1 Å². The maximum absolute atomic E-state index is 5.85. The molecule has 1 fully saturated rings. The molecule has 114 valence electrons. The van der Waals surface area contributed by atoms with E-state index in [4.69, 9.17) is 4.42 Å². The van der Waals surface area contributed by atoms with Gasteiger partial charge in [-0.25, -0.2) is 0 Å². The highest BCUT2D eigenvalue weighted by molar-refractivity contribution is 5.07. The van der Waals surface area contributed by atoms with E-state index in [9.17, 15) is 0 Å². The van der Waals surface area contributed by atoms with E-state index in [0.717, 1.165) is 44.1 Å². The van der Waals surface area contributed by atoms with E-state index in [1.165, 1.54) is 32.5 Å². The molecule has 0 amide bonds. The lowest BCUT2D eigenvalue weighted by Crippen LogP contribution is -2.31. The third kappa shape index (κ3) is 5.27. The van der Waals surface area contributed by atoms with Crippen molar-refractivity contribution >= 4 is 0 Å². The molecule has 1 N–H and O–H groups in total. The number of rotatable bonds is 9. The van der Waals surface area contributed by atoms with Crippen molar-refractivity contribution in [2.45, 2.75) is 39.3 Å². The number of nitrogens with zero attached hydrogens (tertiary/aromatic N) is 2. The van der Waals surface area contributed by atoms with Gasteiger partial charge < -0.3 is 14.6 Å². The Labute approximate surface area is 123 Å². The lowest BCUT2D eigenvalue weighted by molar-refractivity contribution is 0.237. The van der Waals surface area contributed by atoms with Crippen molar-refractivity contribution in [3.63, 3.8) is 0 Å². The highest BCUT2D eigenvalue weighted by Gasteiger charge is 2.12. The molecule has 0 aliphatic carbocycles. The fourth-order valence-corrected chi connectivity index (χ4v) is 2.65. The Kier molecular flexibility index (Phi) is 6.57. The second-order valence-corrected chi connectivity index (χ2v) is 5.83. The maximum atomic E-state index is 5.85. The first kappa shape index (κ1) is 15.5. The summed E-state index contributed by atoms with van der Waals surface area (Å²) in [4.78, 5) is 4.90. The SMILES string of the molecule is CCCNCc1ccc(CN(C)CCN2CCCC2)o1. The summed E-state index contributed by atoms with van der Waals surface area (Å²) in [5.74, 6) is 2.11. The van der Waals surface area contributed by atoms with Crippen LogP contribution in [0.15, 0.2) is 16.5 Å². The summed E-state index contributed by atoms with van der Waals surface area (Å²) in [5, 5.41) is 3.37. The first-order chi connectivity index (χ1) is 9.78. The van der Waals surface area contributed by atoms with Crippen LogP contribution in [0.25, 0.3) is 0 Å². The molecule has 2 heterocycles. The average Bonchev–Trinajstić information content (AvgIpc) is 3.08. The van der Waals surface area contributed by atoms with Gasteiger partial charge in [-0.05, 0) is 58.1 Å². The third-order valence-electron chi connectivity index (χ3n) is 3.87. The van der Waals surface area contributed by atoms with Gasteiger partial charge in [-0.1, -0.05) is 6.92 Å². The van der Waals surface area contributed by atoms with Crippen molar-refractivity contribution in [1.29, 1.82) is 0 Å². The number of hydrogen-bond donors (Lipinski definition) is 1. The molecule has 4 nitrogen and oxygen atoms in total. The fraction of sp³-hybridized carbons (Fsp3) is 0.750. The topological polar surface area (TPSA) is 31.6 Å². The average molecular weight is 279 g/mol. The smallest absolute Gasteiger partial charge is 0.118 e. The number of likely N-dealkylation sites (tertiary alicyclic amines) is 1. The Morgan fingerprint density at radius 2 is 2.00 bits per heavy atom. The van der Waals surface area contributed by atoms with Crippen molar-refractivity contribution in [2.75, 3.05) is 39.8 Å². The summed E-state index contributed by atoms with van der Waals surface area (Å²) in [6.45, 7) is 9.82. The second kappa shape index (κ2) is 8.45. The molecule has 4 heteroatoms. The van der Waals surface area contributed by atoms with Crippen molar-refractivity contribution in [3.05, 3.63) is 23.7 Å². The number of hydrogen-bond acceptors (Lipinski definition) is 4. The molecule has 0 radical (unpaired) electrons. The fourth-order valence-electron chi connectivity index (χ4n) is 2.65. The summed E-state index contributed by atoms with van der Waals surface area (Å²) >= 11 is 0. The van der Waals surface area contributed by atoms with E-state index in [1.54, 1.807) is 0 Å². The van der Waals surface area contributed by atoms with Crippen molar-refractivity contribution < 1.29 is 4.42 Å². The first-order valence-corrected chi connectivity index (χ1v) is 7.97. The maximum Gasteiger partial charge on any atom is 0.118 e. The van der Waals surface area contributed by atoms with E-state index in [2.05, 4.69) is 41.2 Å². The molecule has 1 aromatic rings. The number of furan rings is 1. The Morgan fingerprint density at radius 3 is 2.75 bits per heavy atom. The minimum atomic E-state index is 0.839. The van der Waals surface area contributed by atoms with E-state index >= 15 is 0 Å². The van der Waals surface area contributed by atoms with Crippen LogP contribution in [0.2, 0.25) is 0 Å². The molecule has 0 bridgehead atoms. The van der Waals surface area contributed by atoms with Gasteiger partial charge in [0.1, 0.15) is 11.5 Å². The molecule has 2 rings (SSSR count). The van der Waals surface area contributed by atoms with Gasteiger partial charge in [-0.3, -0.25) is 4.90 Å². The van der Waals surface area contributed by atoms with Crippen molar-refractivity contribution in [1.82, 2.24) is 15.1 Å². The number of likely N-dealkylation sites (N-methyl/N-ethyl adjacent to an activating group) is 1. The van der Waals surface area contributed by atoms with Crippen LogP contribution in [0.4, 0.5) is 0 Å². The summed E-state index contributed by atoms with van der Waals surface area (Å²) in [7, 11) is 2.17. The van der Waals surface area contributed by atoms with Crippen molar-refractivity contribution in [3.8, 4) is 0 Å². The monoisotopic (exact) mass is 279 g/mol. The van der Waals surface area contributed by atoms with Gasteiger partial charge in [0.2, 0.25) is 0 Å². The Bertz CT molecular complexity index is 372. The van der Waals surface area contributed by atoms with Gasteiger partial charge in [-0.15, -0.1) is 0 Å². The van der Waals surface area contributed by atoms with Crippen LogP contribution < -0.4 is 5.32 Å². The van der Waals surface area contributed by atoms with Gasteiger partial charge in [-0.2, -0.15) is 0 Å². The zero-order valence-electron chi connectivity index (χ0n) is 13.0. The second-order valence-electron chi connectivity index (χ2n) is 5.83. The molecule has 0 saturated carbocycles. The Hall–Kier alpha value is -0.840. The summed E-state index contributed by atoms with van der Waals surface area (Å²) in [6, 6.07) is 4.20. The van der Waals surface area contributed by atoms with Gasteiger partial charge in [0, 0.05) is 13.1 Å². The molecule has 1 aliphatic heterocycles. The van der Waals surface area contributed by atoms with Crippen molar-refractivity contribution in [2.24, 2.45) is 0 Å². The van der Waals surface area contributed by atoms with E-state index in [1.807, 2.05) is 0 Å². The molecule has 0 unspecified atom stereocenters. The summed E-state index contributed by atoms with van der Waals surface area (Å²) in [5.41, 5.74) is 0. The minimum Gasteiger partial charge on any atom is -0.463 e. The molecule has 20 heavy (non-hydrogen) atoms. The molecule has 1 saturated heterocycles. The zero-order chi connectivity index (χ0) is 14.2. The highest BCUT2D eigenvalue weighted by atomic mass is 16.3. The highest BCUT2D eigenvalue weighted by Crippen LogP contribution is 2.11. The normalized spacial score (nSPS) is 16.4. The molecule has 0 spiro atoms. The van der Waals surface area contributed by atoms with Gasteiger partial charge >= 0.3 is 0 Å². The molecule has 1 aliphatic rings. The largest absolute Gasteiger partial charge is 0.463 e. The molecule has 0 aromatic carbocycles. The summed E-state index contributed by atoms with van der Waals surface area (Å²) in [6.07, 6.45) is 3.90. The van der Waals surface area contributed by atoms with Crippen LogP contribution in [0.5, 0.6) is 0 Å². The molecule has 1 aromatic heterocycles. The lowest BCUT2D eigenvalue weighted by atomic mass is 10.4. The van der Waals surface area contributed by atoms with Crippen LogP contribution in [0.1, 0.15) is 37.7 Å². The van der Waals surface area contributed by atoms with Crippen LogP contribution in [-0.4, -0.2) is 49.6 Å². The van der Waals surface area contributed by atoms with E-state index in [-0.39, 0.29) is 0 Å². The number of nitrogens with one attached hydrogen (secondary N) is 1. The van der Waals surface area contributed by atoms with E-state index < -0.39 is 0 Å². The zero-order valence-corrected chi connectivity index (χ0v) is 13.0. The standard InChI is InChI=1S/C16H29N3O/c1-3-8-17-13-15-6-7-16(20-15)14-18(2)11-12-19-9-4-5-10-19/h6-7,17H,3-5,8-14H2,1-2H3. The van der Waals surface area contributed by atoms with Crippen LogP contribution >= 0.6 is 0 Å². The molecular formula is C16H29N3O. The van der Waals surface area contributed by atoms with Crippen LogP contribution in [0, 0.1) is 0 Å². The Balaban J connectivity index is 1.66. The van der Waals surface area contributed by atoms with Crippen LogP contribution in [0.3, 0.4) is 0 Å². The molecular weight excluding hydrogens is 250 g/mol. The molecule has 0 atom stereocenters. The van der Waals surface area contributed by atoms with E-state index in [0.29, 0.717) is 0 Å². The van der Waals surface area contributed by atoms with Gasteiger partial charge in [0.15, 0.2) is 0 Å². The van der Waals surface area contributed by atoms with Crippen LogP contribution in [-0.2, 0) is 13.1 Å². The summed E-state index contributed by atoms with van der Waals surface area (Å²) < 4.78 is 5.85.